The third kappa shape index (κ3) is 5.39. The summed E-state index contributed by atoms with van der Waals surface area (Å²) in [4.78, 5) is 28.9. The van der Waals surface area contributed by atoms with Gasteiger partial charge in [-0.15, -0.1) is 0 Å². The number of ether oxygens (including phenoxy) is 2. The molecule has 0 unspecified atom stereocenters. The van der Waals surface area contributed by atoms with Gasteiger partial charge in [-0.3, -0.25) is 4.79 Å². The average Bonchev–Trinajstić information content (AvgIpc) is 3.37. The lowest BCUT2D eigenvalue weighted by molar-refractivity contribution is -0.153. The first-order chi connectivity index (χ1) is 13.8. The van der Waals surface area contributed by atoms with Crippen LogP contribution < -0.4 is 4.74 Å². The smallest absolute Gasteiger partial charge is 0.422 e. The summed E-state index contributed by atoms with van der Waals surface area (Å²) in [6.45, 7) is 4.76. The maximum atomic E-state index is 13.3. The molecule has 1 saturated carbocycles. The van der Waals surface area contributed by atoms with E-state index in [2.05, 4.69) is 15.9 Å². The Bertz CT molecular complexity index is 834. The Kier molecular flexibility index (Phi) is 6.01. The molecule has 1 aromatic carbocycles. The van der Waals surface area contributed by atoms with Gasteiger partial charge in [-0.25, -0.2) is 4.79 Å². The third-order valence-electron chi connectivity index (χ3n) is 4.94. The lowest BCUT2D eigenvalue weighted by Crippen LogP contribution is -2.58. The van der Waals surface area contributed by atoms with E-state index in [4.69, 9.17) is 9.47 Å². The fourth-order valence-electron chi connectivity index (χ4n) is 3.45. The van der Waals surface area contributed by atoms with E-state index in [-0.39, 0.29) is 24.4 Å². The molecule has 0 radical (unpaired) electrons. The number of amides is 2. The molecule has 3 rings (SSSR count). The second kappa shape index (κ2) is 7.94. The lowest BCUT2D eigenvalue weighted by atomic mass is 10.1. The first-order valence-corrected chi connectivity index (χ1v) is 10.4. The van der Waals surface area contributed by atoms with Crippen LogP contribution in [-0.2, 0) is 4.74 Å². The zero-order valence-corrected chi connectivity index (χ0v) is 18.6. The fourth-order valence-corrected chi connectivity index (χ4v) is 3.81. The molecule has 0 atom stereocenters. The fraction of sp³-hybridized carbons (Fsp3) is 0.600. The van der Waals surface area contributed by atoms with Gasteiger partial charge in [-0.1, -0.05) is 15.9 Å². The number of nitrogens with zero attached hydrogens (tertiary/aromatic N) is 2. The van der Waals surface area contributed by atoms with Gasteiger partial charge in [-0.2, -0.15) is 13.2 Å². The van der Waals surface area contributed by atoms with Crippen molar-refractivity contribution in [1.29, 1.82) is 0 Å². The van der Waals surface area contributed by atoms with Crippen molar-refractivity contribution in [1.82, 2.24) is 9.80 Å². The Morgan fingerprint density at radius 2 is 1.83 bits per heavy atom. The van der Waals surface area contributed by atoms with Crippen molar-refractivity contribution in [2.45, 2.75) is 50.9 Å². The Morgan fingerprint density at radius 1 is 1.17 bits per heavy atom. The minimum Gasteiger partial charge on any atom is -0.483 e. The van der Waals surface area contributed by atoms with Gasteiger partial charge in [0.2, 0.25) is 0 Å². The second-order valence-electron chi connectivity index (χ2n) is 8.63. The van der Waals surface area contributed by atoms with Crippen LogP contribution >= 0.6 is 15.9 Å². The normalized spacial score (nSPS) is 18.4. The summed E-state index contributed by atoms with van der Waals surface area (Å²) in [6.07, 6.45) is -3.52. The van der Waals surface area contributed by atoms with Gasteiger partial charge in [0.1, 0.15) is 11.4 Å². The SMILES string of the molecule is CC(C)(C)OC(=O)N1CCN(C(=O)c2cc(Br)ccc2OCC(F)(F)F)C2(CC2)C1. The van der Waals surface area contributed by atoms with E-state index in [1.165, 1.54) is 18.2 Å². The maximum absolute atomic E-state index is 13.3. The van der Waals surface area contributed by atoms with E-state index in [1.54, 1.807) is 30.6 Å². The summed E-state index contributed by atoms with van der Waals surface area (Å²) in [5.74, 6) is -0.527. The molecule has 166 valence electrons. The molecule has 2 fully saturated rings. The molecule has 30 heavy (non-hydrogen) atoms. The molecular formula is C20H24BrF3N2O4. The highest BCUT2D eigenvalue weighted by atomic mass is 79.9. The zero-order chi connectivity index (χ0) is 22.3. The van der Waals surface area contributed by atoms with Crippen LogP contribution in [0.15, 0.2) is 22.7 Å². The van der Waals surface area contributed by atoms with Crippen molar-refractivity contribution in [2.24, 2.45) is 0 Å². The van der Waals surface area contributed by atoms with Crippen molar-refractivity contribution in [3.8, 4) is 5.75 Å². The number of rotatable bonds is 3. The molecule has 1 aliphatic carbocycles. The number of piperazine rings is 1. The van der Waals surface area contributed by atoms with Crippen molar-refractivity contribution < 1.29 is 32.2 Å². The number of alkyl halides is 3. The largest absolute Gasteiger partial charge is 0.483 e. The van der Waals surface area contributed by atoms with Gasteiger partial charge in [-0.05, 0) is 51.8 Å². The van der Waals surface area contributed by atoms with E-state index in [1.807, 2.05) is 0 Å². The van der Waals surface area contributed by atoms with Crippen LogP contribution in [0.25, 0.3) is 0 Å². The van der Waals surface area contributed by atoms with Crippen LogP contribution in [0, 0.1) is 0 Å². The first-order valence-electron chi connectivity index (χ1n) is 9.59. The van der Waals surface area contributed by atoms with Crippen molar-refractivity contribution in [3.63, 3.8) is 0 Å². The first kappa shape index (κ1) is 22.7. The summed E-state index contributed by atoms with van der Waals surface area (Å²) >= 11 is 3.26. The molecule has 1 saturated heterocycles. The van der Waals surface area contributed by atoms with E-state index < -0.39 is 35.9 Å². The van der Waals surface area contributed by atoms with Crippen molar-refractivity contribution >= 4 is 27.9 Å². The van der Waals surface area contributed by atoms with Gasteiger partial charge < -0.3 is 19.3 Å². The van der Waals surface area contributed by atoms with E-state index in [9.17, 15) is 22.8 Å². The molecule has 10 heteroatoms. The Labute approximate surface area is 181 Å². The minimum atomic E-state index is -4.51. The van der Waals surface area contributed by atoms with Gasteiger partial charge in [0.05, 0.1) is 11.1 Å². The van der Waals surface area contributed by atoms with Crippen molar-refractivity contribution in [3.05, 3.63) is 28.2 Å². The molecular weight excluding hydrogens is 469 g/mol. The van der Waals surface area contributed by atoms with Gasteiger partial charge in [0.15, 0.2) is 6.61 Å². The molecule has 1 spiro atoms. The quantitative estimate of drug-likeness (QED) is 0.617. The average molecular weight is 493 g/mol. The molecule has 1 heterocycles. The van der Waals surface area contributed by atoms with Crippen LogP contribution in [0.3, 0.4) is 0 Å². The Morgan fingerprint density at radius 3 is 2.40 bits per heavy atom. The predicted molar refractivity (Wildman–Crippen MR) is 107 cm³/mol. The van der Waals surface area contributed by atoms with Gasteiger partial charge >= 0.3 is 12.3 Å². The number of hydrogen-bond donors (Lipinski definition) is 0. The van der Waals surface area contributed by atoms with E-state index in [0.717, 1.165) is 0 Å². The number of benzene rings is 1. The second-order valence-corrected chi connectivity index (χ2v) is 9.54. The lowest BCUT2D eigenvalue weighted by Gasteiger charge is -2.42. The zero-order valence-electron chi connectivity index (χ0n) is 17.0. The van der Waals surface area contributed by atoms with Crippen molar-refractivity contribution in [2.75, 3.05) is 26.2 Å². The maximum Gasteiger partial charge on any atom is 0.422 e. The number of carbonyl (C=O) groups excluding carboxylic acids is 2. The molecule has 0 N–H and O–H groups in total. The Balaban J connectivity index is 1.77. The molecule has 1 aliphatic heterocycles. The van der Waals surface area contributed by atoms with Crippen LogP contribution in [0.4, 0.5) is 18.0 Å². The Hall–Kier alpha value is -1.97. The topological polar surface area (TPSA) is 59.1 Å². The minimum absolute atomic E-state index is 0.0608. The monoisotopic (exact) mass is 492 g/mol. The standard InChI is InChI=1S/C20H24BrF3N2O4/c1-18(2,3)30-17(28)25-8-9-26(19(11-25)6-7-19)16(27)14-10-13(21)4-5-15(14)29-12-20(22,23)24/h4-5,10H,6-9,11-12H2,1-3H3. The molecule has 0 bridgehead atoms. The number of halogens is 4. The molecule has 1 aromatic rings. The van der Waals surface area contributed by atoms with Crippen LogP contribution in [0.1, 0.15) is 44.0 Å². The highest BCUT2D eigenvalue weighted by Gasteiger charge is 2.54. The van der Waals surface area contributed by atoms with Gasteiger partial charge in [0, 0.05) is 24.1 Å². The third-order valence-corrected chi connectivity index (χ3v) is 5.43. The summed E-state index contributed by atoms with van der Waals surface area (Å²) in [6, 6.07) is 4.33. The molecule has 2 aliphatic rings. The van der Waals surface area contributed by atoms with E-state index in [0.29, 0.717) is 23.9 Å². The number of carbonyl (C=O) groups is 2. The summed E-state index contributed by atoms with van der Waals surface area (Å²) in [5, 5.41) is 0. The van der Waals surface area contributed by atoms with Gasteiger partial charge in [0.25, 0.3) is 5.91 Å². The highest BCUT2D eigenvalue weighted by Crippen LogP contribution is 2.45. The van der Waals surface area contributed by atoms with Crippen LogP contribution in [-0.4, -0.2) is 65.4 Å². The predicted octanol–water partition coefficient (Wildman–Crippen LogP) is 4.62. The summed E-state index contributed by atoms with van der Waals surface area (Å²) < 4.78 is 48.7. The van der Waals surface area contributed by atoms with Crippen LogP contribution in [0.2, 0.25) is 0 Å². The summed E-state index contributed by atoms with van der Waals surface area (Å²) in [5.41, 5.74) is -1.08. The molecule has 2 amide bonds. The highest BCUT2D eigenvalue weighted by molar-refractivity contribution is 9.10. The number of hydrogen-bond acceptors (Lipinski definition) is 4. The van der Waals surface area contributed by atoms with Crippen LogP contribution in [0.5, 0.6) is 5.75 Å². The van der Waals surface area contributed by atoms with E-state index >= 15 is 0 Å². The molecule has 0 aromatic heterocycles. The summed E-state index contributed by atoms with van der Waals surface area (Å²) in [7, 11) is 0. The molecule has 6 nitrogen and oxygen atoms in total.